The highest BCUT2D eigenvalue weighted by atomic mass is 32.1. The number of pyridine rings is 1. The van der Waals surface area contributed by atoms with Crippen LogP contribution in [0.5, 0.6) is 0 Å². The van der Waals surface area contributed by atoms with Crippen LogP contribution in [0.3, 0.4) is 0 Å². The van der Waals surface area contributed by atoms with Gasteiger partial charge >= 0.3 is 0 Å². The Bertz CT molecular complexity index is 791. The third kappa shape index (κ3) is 3.09. The number of rotatable bonds is 4. The topological polar surface area (TPSA) is 55.1 Å². The van der Waals surface area contributed by atoms with E-state index in [-0.39, 0.29) is 5.91 Å². The molecule has 0 aliphatic heterocycles. The largest absolute Gasteiger partial charge is 0.466 e. The van der Waals surface area contributed by atoms with Gasteiger partial charge in [0.1, 0.15) is 11.5 Å². The van der Waals surface area contributed by atoms with Gasteiger partial charge < -0.3 is 9.73 Å². The van der Waals surface area contributed by atoms with Crippen molar-refractivity contribution in [1.29, 1.82) is 0 Å². The molecule has 5 heteroatoms. The molecule has 3 aromatic heterocycles. The average molecular weight is 312 g/mol. The van der Waals surface area contributed by atoms with Crippen molar-refractivity contribution in [1.82, 2.24) is 10.3 Å². The van der Waals surface area contributed by atoms with Gasteiger partial charge in [0.25, 0.3) is 5.91 Å². The fraction of sp³-hybridized carbons (Fsp3) is 0.176. The molecule has 0 saturated carbocycles. The van der Waals surface area contributed by atoms with E-state index in [9.17, 15) is 4.79 Å². The van der Waals surface area contributed by atoms with E-state index in [0.717, 1.165) is 16.9 Å². The van der Waals surface area contributed by atoms with Gasteiger partial charge in [-0.3, -0.25) is 9.78 Å². The molecule has 0 radical (unpaired) electrons. The Hall–Kier alpha value is -2.40. The molecule has 112 valence electrons. The molecule has 0 atom stereocenters. The van der Waals surface area contributed by atoms with Gasteiger partial charge in [-0.25, -0.2) is 0 Å². The number of hydrogen-bond donors (Lipinski definition) is 1. The molecule has 3 aromatic rings. The Kier molecular flexibility index (Phi) is 4.06. The molecular formula is C17H16N2O2S. The summed E-state index contributed by atoms with van der Waals surface area (Å²) in [6.07, 6.45) is 3.60. The molecule has 0 saturated heterocycles. The molecule has 22 heavy (non-hydrogen) atoms. The number of hydrogen-bond acceptors (Lipinski definition) is 4. The standard InChI is InChI=1S/C17H16N2O2S/c1-11-6-15(12(2)21-11)17(20)19-9-13-7-14(10-18-8-13)16-4-3-5-22-16/h3-8,10H,9H2,1-2H3,(H,19,20). The number of nitrogens with one attached hydrogen (secondary N) is 1. The van der Waals surface area contributed by atoms with Crippen LogP contribution >= 0.6 is 11.3 Å². The summed E-state index contributed by atoms with van der Waals surface area (Å²) in [6, 6.07) is 7.87. The molecule has 1 amide bonds. The molecule has 3 heterocycles. The van der Waals surface area contributed by atoms with Crippen LogP contribution in [0.2, 0.25) is 0 Å². The second kappa shape index (κ2) is 6.15. The number of carbonyl (C=O) groups is 1. The zero-order chi connectivity index (χ0) is 15.5. The van der Waals surface area contributed by atoms with E-state index >= 15 is 0 Å². The summed E-state index contributed by atoms with van der Waals surface area (Å²) in [6.45, 7) is 4.06. The Balaban J connectivity index is 1.70. The fourth-order valence-electron chi connectivity index (χ4n) is 2.30. The number of nitrogens with zero attached hydrogens (tertiary/aromatic N) is 1. The van der Waals surface area contributed by atoms with Crippen LogP contribution < -0.4 is 5.32 Å². The zero-order valence-corrected chi connectivity index (χ0v) is 13.2. The van der Waals surface area contributed by atoms with E-state index in [2.05, 4.69) is 16.4 Å². The molecule has 0 aromatic carbocycles. The highest BCUT2D eigenvalue weighted by Gasteiger charge is 2.13. The molecular weight excluding hydrogens is 296 g/mol. The zero-order valence-electron chi connectivity index (χ0n) is 12.4. The molecule has 0 bridgehead atoms. The lowest BCUT2D eigenvalue weighted by Crippen LogP contribution is -2.23. The monoisotopic (exact) mass is 312 g/mol. The van der Waals surface area contributed by atoms with E-state index in [4.69, 9.17) is 4.42 Å². The van der Waals surface area contributed by atoms with Crippen LogP contribution in [0.15, 0.2) is 46.5 Å². The van der Waals surface area contributed by atoms with Gasteiger partial charge in [-0.2, -0.15) is 0 Å². The number of furan rings is 1. The van der Waals surface area contributed by atoms with E-state index in [1.807, 2.05) is 30.6 Å². The summed E-state index contributed by atoms with van der Waals surface area (Å²) in [4.78, 5) is 17.6. The van der Waals surface area contributed by atoms with E-state index in [0.29, 0.717) is 17.9 Å². The summed E-state index contributed by atoms with van der Waals surface area (Å²) >= 11 is 1.67. The maximum absolute atomic E-state index is 12.2. The third-order valence-electron chi connectivity index (χ3n) is 3.34. The molecule has 1 N–H and O–H groups in total. The van der Waals surface area contributed by atoms with Gasteiger partial charge in [-0.1, -0.05) is 6.07 Å². The number of aromatic nitrogens is 1. The van der Waals surface area contributed by atoms with Crippen LogP contribution in [0.4, 0.5) is 0 Å². The summed E-state index contributed by atoms with van der Waals surface area (Å²) in [5.74, 6) is 1.25. The smallest absolute Gasteiger partial charge is 0.255 e. The SMILES string of the molecule is Cc1cc(C(=O)NCc2cncc(-c3cccs3)c2)c(C)o1. The second-order valence-electron chi connectivity index (χ2n) is 5.07. The number of carbonyl (C=O) groups excluding carboxylic acids is 1. The Morgan fingerprint density at radius 1 is 1.32 bits per heavy atom. The maximum atomic E-state index is 12.2. The predicted octanol–water partition coefficient (Wildman–Crippen LogP) is 3.95. The molecule has 0 fully saturated rings. The van der Waals surface area contributed by atoms with Crippen molar-refractivity contribution in [3.05, 3.63) is 64.7 Å². The molecule has 0 unspecified atom stereocenters. The summed E-state index contributed by atoms with van der Waals surface area (Å²) in [7, 11) is 0. The van der Waals surface area contributed by atoms with Gasteiger partial charge in [-0.05, 0) is 43.0 Å². The van der Waals surface area contributed by atoms with Gasteiger partial charge in [0.2, 0.25) is 0 Å². The molecule has 0 aliphatic carbocycles. The molecule has 0 spiro atoms. The predicted molar refractivity (Wildman–Crippen MR) is 86.9 cm³/mol. The lowest BCUT2D eigenvalue weighted by atomic mass is 10.1. The summed E-state index contributed by atoms with van der Waals surface area (Å²) in [5.41, 5.74) is 2.62. The maximum Gasteiger partial charge on any atom is 0.255 e. The first-order valence-corrected chi connectivity index (χ1v) is 7.84. The summed E-state index contributed by atoms with van der Waals surface area (Å²) < 4.78 is 5.38. The fourth-order valence-corrected chi connectivity index (χ4v) is 3.00. The first kappa shape index (κ1) is 14.5. The third-order valence-corrected chi connectivity index (χ3v) is 4.26. The molecule has 3 rings (SSSR count). The van der Waals surface area contributed by atoms with Crippen LogP contribution in [0.1, 0.15) is 27.4 Å². The van der Waals surface area contributed by atoms with Crippen molar-refractivity contribution in [2.75, 3.05) is 0 Å². The van der Waals surface area contributed by atoms with Gasteiger partial charge in [0, 0.05) is 29.4 Å². The van der Waals surface area contributed by atoms with E-state index in [1.54, 1.807) is 30.5 Å². The second-order valence-corrected chi connectivity index (χ2v) is 6.02. The first-order chi connectivity index (χ1) is 10.6. The molecule has 0 aliphatic rings. The van der Waals surface area contributed by atoms with Crippen LogP contribution in [-0.4, -0.2) is 10.9 Å². The van der Waals surface area contributed by atoms with Crippen molar-refractivity contribution in [2.24, 2.45) is 0 Å². The highest BCUT2D eigenvalue weighted by molar-refractivity contribution is 7.13. The number of thiophene rings is 1. The van der Waals surface area contributed by atoms with Gasteiger partial charge in [0.05, 0.1) is 5.56 Å². The van der Waals surface area contributed by atoms with Crippen LogP contribution in [-0.2, 0) is 6.54 Å². The van der Waals surface area contributed by atoms with Crippen molar-refractivity contribution in [3.8, 4) is 10.4 Å². The summed E-state index contributed by atoms with van der Waals surface area (Å²) in [5, 5.41) is 4.94. The lowest BCUT2D eigenvalue weighted by molar-refractivity contribution is 0.0949. The van der Waals surface area contributed by atoms with Crippen molar-refractivity contribution >= 4 is 17.2 Å². The Morgan fingerprint density at radius 3 is 2.86 bits per heavy atom. The first-order valence-electron chi connectivity index (χ1n) is 6.96. The number of amides is 1. The van der Waals surface area contributed by atoms with E-state index in [1.165, 1.54) is 4.88 Å². The average Bonchev–Trinajstić information content (AvgIpc) is 3.15. The lowest BCUT2D eigenvalue weighted by Gasteiger charge is -2.06. The minimum Gasteiger partial charge on any atom is -0.466 e. The number of aryl methyl sites for hydroxylation is 2. The van der Waals surface area contributed by atoms with E-state index < -0.39 is 0 Å². The van der Waals surface area contributed by atoms with Gasteiger partial charge in [-0.15, -0.1) is 11.3 Å². The van der Waals surface area contributed by atoms with Gasteiger partial charge in [0.15, 0.2) is 0 Å². The Morgan fingerprint density at radius 2 is 2.18 bits per heavy atom. The minimum atomic E-state index is -0.129. The minimum absolute atomic E-state index is 0.129. The van der Waals surface area contributed by atoms with Crippen LogP contribution in [0.25, 0.3) is 10.4 Å². The highest BCUT2D eigenvalue weighted by Crippen LogP contribution is 2.24. The molecule has 4 nitrogen and oxygen atoms in total. The Labute approximate surface area is 132 Å². The normalized spacial score (nSPS) is 10.6. The quantitative estimate of drug-likeness (QED) is 0.793. The van der Waals surface area contributed by atoms with Crippen molar-refractivity contribution in [3.63, 3.8) is 0 Å². The van der Waals surface area contributed by atoms with Crippen LogP contribution in [0, 0.1) is 13.8 Å². The van der Waals surface area contributed by atoms with Crippen molar-refractivity contribution in [2.45, 2.75) is 20.4 Å². The van der Waals surface area contributed by atoms with Crippen molar-refractivity contribution < 1.29 is 9.21 Å².